The minimum atomic E-state index is -1.25. The van der Waals surface area contributed by atoms with Gasteiger partial charge in [0.25, 0.3) is 0 Å². The number of aromatic nitrogens is 1. The average molecular weight is 406 g/mol. The number of piperidine rings is 1. The number of carbonyl (C=O) groups is 1. The zero-order chi connectivity index (χ0) is 21.1. The molecule has 4 rings (SSSR count). The van der Waals surface area contributed by atoms with E-state index in [9.17, 15) is 15.0 Å². The maximum absolute atomic E-state index is 12.3. The van der Waals surface area contributed by atoms with Gasteiger partial charge in [0.15, 0.2) is 5.76 Å². The minimum absolute atomic E-state index is 0.249. The molecule has 2 aromatic carbocycles. The average Bonchev–Trinajstić information content (AvgIpc) is 3.20. The van der Waals surface area contributed by atoms with Crippen LogP contribution in [0.2, 0.25) is 0 Å². The molecule has 2 N–H and O–H groups in total. The molecule has 0 spiro atoms. The number of likely N-dealkylation sites (tertiary alicyclic amines) is 1. The molecule has 6 nitrogen and oxygen atoms in total. The first-order valence-corrected chi connectivity index (χ1v) is 10.2. The Morgan fingerprint density at radius 1 is 1.20 bits per heavy atom. The Labute approximate surface area is 175 Å². The van der Waals surface area contributed by atoms with E-state index in [2.05, 4.69) is 5.16 Å². The van der Waals surface area contributed by atoms with Crippen molar-refractivity contribution in [3.8, 4) is 11.3 Å². The van der Waals surface area contributed by atoms with E-state index in [0.717, 1.165) is 16.8 Å². The summed E-state index contributed by atoms with van der Waals surface area (Å²) in [4.78, 5) is 14.3. The quantitative estimate of drug-likeness (QED) is 0.651. The standard InChI is InChI=1S/C24H26N2O4/c1-17-7-9-19(10-8-17)21-13-20(30-25-21)15-26-12-11-22(27)24(16-26,23(28)29)14-18-5-3-2-4-6-18/h2-10,13,22,27H,11-12,14-16H2,1H3,(H,28,29)/t22-,24-/m1/s1. The van der Waals surface area contributed by atoms with Gasteiger partial charge in [-0.1, -0.05) is 65.3 Å². The molecule has 0 aliphatic carbocycles. The third kappa shape index (κ3) is 4.15. The van der Waals surface area contributed by atoms with Crippen molar-refractivity contribution in [2.45, 2.75) is 32.4 Å². The lowest BCUT2D eigenvalue weighted by Gasteiger charge is -2.43. The first kappa shape index (κ1) is 20.3. The summed E-state index contributed by atoms with van der Waals surface area (Å²) < 4.78 is 5.52. The number of aliphatic hydroxyl groups is 1. The first-order valence-electron chi connectivity index (χ1n) is 10.2. The highest BCUT2D eigenvalue weighted by molar-refractivity contribution is 5.76. The maximum atomic E-state index is 12.3. The molecular formula is C24H26N2O4. The van der Waals surface area contributed by atoms with Crippen molar-refractivity contribution in [1.82, 2.24) is 10.1 Å². The fourth-order valence-corrected chi connectivity index (χ4v) is 4.19. The predicted molar refractivity (Wildman–Crippen MR) is 113 cm³/mol. The summed E-state index contributed by atoms with van der Waals surface area (Å²) in [6, 6.07) is 19.4. The second-order valence-corrected chi connectivity index (χ2v) is 8.18. The molecular weight excluding hydrogens is 380 g/mol. The number of carboxylic acids is 1. The van der Waals surface area contributed by atoms with Crippen LogP contribution in [0, 0.1) is 12.3 Å². The van der Waals surface area contributed by atoms with Crippen LogP contribution in [0.3, 0.4) is 0 Å². The van der Waals surface area contributed by atoms with E-state index >= 15 is 0 Å². The fraction of sp³-hybridized carbons (Fsp3) is 0.333. The van der Waals surface area contributed by atoms with Gasteiger partial charge in [-0.15, -0.1) is 0 Å². The molecule has 1 aromatic heterocycles. The molecule has 156 valence electrons. The number of hydrogen-bond donors (Lipinski definition) is 2. The van der Waals surface area contributed by atoms with Gasteiger partial charge in [0, 0.05) is 24.7 Å². The maximum Gasteiger partial charge on any atom is 0.313 e. The van der Waals surface area contributed by atoms with Crippen LogP contribution in [0.5, 0.6) is 0 Å². The van der Waals surface area contributed by atoms with Crippen LogP contribution in [0.15, 0.2) is 65.2 Å². The number of carboxylic acid groups (broad SMARTS) is 1. The summed E-state index contributed by atoms with van der Waals surface area (Å²) in [5.74, 6) is -0.289. The molecule has 0 radical (unpaired) electrons. The van der Waals surface area contributed by atoms with Gasteiger partial charge in [-0.3, -0.25) is 9.69 Å². The summed E-state index contributed by atoms with van der Waals surface area (Å²) in [5.41, 5.74) is 2.57. The highest BCUT2D eigenvalue weighted by Crippen LogP contribution is 2.35. The topological polar surface area (TPSA) is 86.8 Å². The molecule has 0 amide bonds. The lowest BCUT2D eigenvalue weighted by molar-refractivity contribution is -0.163. The van der Waals surface area contributed by atoms with Crippen molar-refractivity contribution in [2.75, 3.05) is 13.1 Å². The van der Waals surface area contributed by atoms with Crippen molar-refractivity contribution in [1.29, 1.82) is 0 Å². The molecule has 3 aromatic rings. The Hall–Kier alpha value is -2.96. The molecule has 6 heteroatoms. The van der Waals surface area contributed by atoms with Crippen LogP contribution in [0.4, 0.5) is 0 Å². The Bertz CT molecular complexity index is 1000. The van der Waals surface area contributed by atoms with E-state index in [-0.39, 0.29) is 13.0 Å². The van der Waals surface area contributed by atoms with E-state index in [1.807, 2.05) is 72.5 Å². The second-order valence-electron chi connectivity index (χ2n) is 8.18. The van der Waals surface area contributed by atoms with Gasteiger partial charge < -0.3 is 14.7 Å². The van der Waals surface area contributed by atoms with Gasteiger partial charge in [0.2, 0.25) is 0 Å². The van der Waals surface area contributed by atoms with Gasteiger partial charge in [-0.25, -0.2) is 0 Å². The SMILES string of the molecule is Cc1ccc(-c2cc(CN3CC[C@@H](O)[C@](Cc4ccccc4)(C(=O)O)C3)on2)cc1. The highest BCUT2D eigenvalue weighted by Gasteiger charge is 2.49. The third-order valence-electron chi connectivity index (χ3n) is 5.94. The van der Waals surface area contributed by atoms with Gasteiger partial charge in [0.1, 0.15) is 11.1 Å². The van der Waals surface area contributed by atoms with Crippen LogP contribution in [0.25, 0.3) is 11.3 Å². The molecule has 1 saturated heterocycles. The number of aryl methyl sites for hydroxylation is 1. The van der Waals surface area contributed by atoms with E-state index < -0.39 is 17.5 Å². The molecule has 0 bridgehead atoms. The predicted octanol–water partition coefficient (Wildman–Crippen LogP) is 3.53. The molecule has 2 atom stereocenters. The summed E-state index contributed by atoms with van der Waals surface area (Å²) in [6.07, 6.45) is -0.214. The highest BCUT2D eigenvalue weighted by atomic mass is 16.5. The van der Waals surface area contributed by atoms with Crippen molar-refractivity contribution in [2.24, 2.45) is 5.41 Å². The van der Waals surface area contributed by atoms with E-state index in [1.54, 1.807) is 0 Å². The molecule has 30 heavy (non-hydrogen) atoms. The number of rotatable bonds is 6. The third-order valence-corrected chi connectivity index (χ3v) is 5.94. The number of nitrogens with zero attached hydrogens (tertiary/aromatic N) is 2. The van der Waals surface area contributed by atoms with Crippen LogP contribution in [0.1, 0.15) is 23.3 Å². The van der Waals surface area contributed by atoms with Crippen molar-refractivity contribution in [3.05, 3.63) is 77.6 Å². The van der Waals surface area contributed by atoms with Gasteiger partial charge in [0.05, 0.1) is 12.6 Å². The van der Waals surface area contributed by atoms with E-state index in [4.69, 9.17) is 4.52 Å². The van der Waals surface area contributed by atoms with Crippen LogP contribution >= 0.6 is 0 Å². The van der Waals surface area contributed by atoms with Crippen LogP contribution in [-0.4, -0.2) is 45.4 Å². The Kier molecular flexibility index (Phi) is 5.70. The van der Waals surface area contributed by atoms with Crippen molar-refractivity contribution < 1.29 is 19.5 Å². The Morgan fingerprint density at radius 3 is 2.63 bits per heavy atom. The minimum Gasteiger partial charge on any atom is -0.481 e. The van der Waals surface area contributed by atoms with Gasteiger partial charge >= 0.3 is 5.97 Å². The zero-order valence-electron chi connectivity index (χ0n) is 17.0. The monoisotopic (exact) mass is 406 g/mol. The molecule has 2 heterocycles. The number of benzene rings is 2. The summed E-state index contributed by atoms with van der Waals surface area (Å²) in [7, 11) is 0. The Morgan fingerprint density at radius 2 is 1.93 bits per heavy atom. The molecule has 1 aliphatic rings. The first-order chi connectivity index (χ1) is 14.5. The smallest absolute Gasteiger partial charge is 0.313 e. The molecule has 1 fully saturated rings. The number of aliphatic hydroxyl groups excluding tert-OH is 1. The second kappa shape index (κ2) is 8.42. The number of hydrogen-bond acceptors (Lipinski definition) is 5. The van der Waals surface area contributed by atoms with Crippen LogP contribution in [-0.2, 0) is 17.8 Å². The summed E-state index contributed by atoms with van der Waals surface area (Å²) in [6.45, 7) is 3.34. The van der Waals surface area contributed by atoms with Crippen LogP contribution < -0.4 is 0 Å². The summed E-state index contributed by atoms with van der Waals surface area (Å²) in [5, 5.41) is 24.9. The van der Waals surface area contributed by atoms with Gasteiger partial charge in [-0.05, 0) is 25.3 Å². The normalized spacial score (nSPS) is 22.1. The molecule has 1 aliphatic heterocycles. The fourth-order valence-electron chi connectivity index (χ4n) is 4.19. The Balaban J connectivity index is 1.51. The molecule has 0 unspecified atom stereocenters. The van der Waals surface area contributed by atoms with Crippen molar-refractivity contribution >= 4 is 5.97 Å². The lowest BCUT2D eigenvalue weighted by Crippen LogP contribution is -2.56. The van der Waals surface area contributed by atoms with Crippen molar-refractivity contribution in [3.63, 3.8) is 0 Å². The molecule has 0 saturated carbocycles. The van der Waals surface area contributed by atoms with E-state index in [0.29, 0.717) is 25.3 Å². The number of aliphatic carboxylic acids is 1. The lowest BCUT2D eigenvalue weighted by atomic mass is 9.73. The van der Waals surface area contributed by atoms with E-state index in [1.165, 1.54) is 5.56 Å². The summed E-state index contributed by atoms with van der Waals surface area (Å²) >= 11 is 0. The van der Waals surface area contributed by atoms with Gasteiger partial charge in [-0.2, -0.15) is 0 Å². The zero-order valence-corrected chi connectivity index (χ0v) is 17.0. The largest absolute Gasteiger partial charge is 0.481 e.